The second-order valence-electron chi connectivity index (χ2n) is 5.74. The minimum absolute atomic E-state index is 0.0113. The van der Waals surface area contributed by atoms with Crippen LogP contribution in [-0.2, 0) is 9.53 Å². The smallest absolute Gasteiger partial charge is 0.246 e. The first kappa shape index (κ1) is 18.3. The predicted octanol–water partition coefficient (Wildman–Crippen LogP) is 3.14. The molecule has 1 aromatic carbocycles. The Morgan fingerprint density at radius 1 is 1.25 bits per heavy atom. The summed E-state index contributed by atoms with van der Waals surface area (Å²) in [4.78, 5) is 13.9. The number of morpholine rings is 1. The average molecular weight is 333 g/mol. The third-order valence-electron chi connectivity index (χ3n) is 3.93. The normalized spacial score (nSPS) is 14.8. The molecule has 0 aromatic heterocycles. The number of unbranched alkanes of at least 4 members (excludes halogenated alkanes) is 2. The van der Waals surface area contributed by atoms with Gasteiger partial charge in [-0.15, -0.1) is 0 Å². The predicted molar refractivity (Wildman–Crippen MR) is 94.4 cm³/mol. The standard InChI is InChI=1S/C19H27NO4/c1-3-4-5-12-24-17-8-6-16(15-18(17)22-2)7-9-19(21)20-10-13-23-14-11-20/h6-9,15H,3-5,10-14H2,1-2H3/b9-7+. The molecule has 2 rings (SSSR count). The molecule has 1 aliphatic rings. The third-order valence-corrected chi connectivity index (χ3v) is 3.93. The Hall–Kier alpha value is -2.01. The Labute approximate surface area is 144 Å². The highest BCUT2D eigenvalue weighted by molar-refractivity contribution is 5.91. The van der Waals surface area contributed by atoms with Crippen molar-refractivity contribution in [2.45, 2.75) is 26.2 Å². The van der Waals surface area contributed by atoms with Gasteiger partial charge in [0.25, 0.3) is 0 Å². The van der Waals surface area contributed by atoms with Gasteiger partial charge in [0.2, 0.25) is 5.91 Å². The van der Waals surface area contributed by atoms with Crippen LogP contribution in [0.2, 0.25) is 0 Å². The van der Waals surface area contributed by atoms with E-state index in [9.17, 15) is 4.79 Å². The molecule has 0 saturated carbocycles. The van der Waals surface area contributed by atoms with E-state index in [1.54, 1.807) is 24.2 Å². The maximum atomic E-state index is 12.1. The summed E-state index contributed by atoms with van der Waals surface area (Å²) in [5.74, 6) is 1.44. The van der Waals surface area contributed by atoms with Crippen LogP contribution >= 0.6 is 0 Å². The lowest BCUT2D eigenvalue weighted by atomic mass is 10.2. The lowest BCUT2D eigenvalue weighted by molar-refractivity contribution is -0.129. The van der Waals surface area contributed by atoms with E-state index < -0.39 is 0 Å². The monoisotopic (exact) mass is 333 g/mol. The van der Waals surface area contributed by atoms with Crippen LogP contribution in [0.3, 0.4) is 0 Å². The first-order valence-electron chi connectivity index (χ1n) is 8.60. The Kier molecular flexibility index (Phi) is 7.62. The van der Waals surface area contributed by atoms with Crippen molar-refractivity contribution in [2.75, 3.05) is 40.0 Å². The number of hydrogen-bond donors (Lipinski definition) is 0. The fourth-order valence-electron chi connectivity index (χ4n) is 2.50. The molecule has 24 heavy (non-hydrogen) atoms. The molecule has 1 amide bonds. The van der Waals surface area contributed by atoms with Gasteiger partial charge >= 0.3 is 0 Å². The number of ether oxygens (including phenoxy) is 3. The summed E-state index contributed by atoms with van der Waals surface area (Å²) < 4.78 is 16.4. The summed E-state index contributed by atoms with van der Waals surface area (Å²) in [6.45, 7) is 5.37. The third kappa shape index (κ3) is 5.57. The zero-order valence-corrected chi connectivity index (χ0v) is 14.6. The highest BCUT2D eigenvalue weighted by atomic mass is 16.5. The van der Waals surface area contributed by atoms with Crippen molar-refractivity contribution in [3.05, 3.63) is 29.8 Å². The highest BCUT2D eigenvalue weighted by Gasteiger charge is 2.14. The van der Waals surface area contributed by atoms with Crippen LogP contribution in [0.4, 0.5) is 0 Å². The minimum atomic E-state index is 0.0113. The van der Waals surface area contributed by atoms with Crippen LogP contribution in [0.25, 0.3) is 6.08 Å². The topological polar surface area (TPSA) is 48.0 Å². The number of nitrogens with zero attached hydrogens (tertiary/aromatic N) is 1. The molecule has 0 aliphatic carbocycles. The quantitative estimate of drug-likeness (QED) is 0.542. The summed E-state index contributed by atoms with van der Waals surface area (Å²) in [5, 5.41) is 0. The molecule has 5 nitrogen and oxygen atoms in total. The van der Waals surface area contributed by atoms with Crippen molar-refractivity contribution >= 4 is 12.0 Å². The van der Waals surface area contributed by atoms with E-state index >= 15 is 0 Å². The largest absolute Gasteiger partial charge is 0.493 e. The van der Waals surface area contributed by atoms with Crippen molar-refractivity contribution < 1.29 is 19.0 Å². The number of amides is 1. The molecule has 1 heterocycles. The molecule has 1 fully saturated rings. The van der Waals surface area contributed by atoms with Gasteiger partial charge in [0.1, 0.15) is 0 Å². The number of carbonyl (C=O) groups is 1. The van der Waals surface area contributed by atoms with Crippen LogP contribution in [0.15, 0.2) is 24.3 Å². The number of hydrogen-bond acceptors (Lipinski definition) is 4. The number of carbonyl (C=O) groups excluding carboxylic acids is 1. The van der Waals surface area contributed by atoms with Crippen LogP contribution in [0.1, 0.15) is 31.7 Å². The molecule has 1 aliphatic heterocycles. The van der Waals surface area contributed by atoms with Gasteiger partial charge in [0.15, 0.2) is 11.5 Å². The van der Waals surface area contributed by atoms with Crippen LogP contribution in [-0.4, -0.2) is 50.8 Å². The Balaban J connectivity index is 1.95. The van der Waals surface area contributed by atoms with E-state index in [4.69, 9.17) is 14.2 Å². The molecular formula is C19H27NO4. The Morgan fingerprint density at radius 2 is 2.04 bits per heavy atom. The van der Waals surface area contributed by atoms with E-state index in [1.165, 1.54) is 6.42 Å². The van der Waals surface area contributed by atoms with Crippen LogP contribution < -0.4 is 9.47 Å². The van der Waals surface area contributed by atoms with Gasteiger partial charge in [-0.05, 0) is 30.2 Å². The SMILES string of the molecule is CCCCCOc1ccc(/C=C/C(=O)N2CCOCC2)cc1OC. The van der Waals surface area contributed by atoms with Crippen molar-refractivity contribution in [3.8, 4) is 11.5 Å². The summed E-state index contributed by atoms with van der Waals surface area (Å²) >= 11 is 0. The minimum Gasteiger partial charge on any atom is -0.493 e. The summed E-state index contributed by atoms with van der Waals surface area (Å²) in [6, 6.07) is 5.71. The lowest BCUT2D eigenvalue weighted by Gasteiger charge is -2.25. The van der Waals surface area contributed by atoms with Crippen LogP contribution in [0, 0.1) is 0 Å². The molecular weight excluding hydrogens is 306 g/mol. The van der Waals surface area contributed by atoms with Crippen molar-refractivity contribution in [1.82, 2.24) is 4.90 Å². The van der Waals surface area contributed by atoms with Crippen molar-refractivity contribution in [3.63, 3.8) is 0 Å². The van der Waals surface area contributed by atoms with Crippen LogP contribution in [0.5, 0.6) is 11.5 Å². The first-order valence-corrected chi connectivity index (χ1v) is 8.60. The van der Waals surface area contributed by atoms with E-state index in [2.05, 4.69) is 6.92 Å². The molecule has 0 N–H and O–H groups in total. The second-order valence-corrected chi connectivity index (χ2v) is 5.74. The van der Waals surface area contributed by atoms with Crippen molar-refractivity contribution in [1.29, 1.82) is 0 Å². The van der Waals surface area contributed by atoms with E-state index in [1.807, 2.05) is 18.2 Å². The number of benzene rings is 1. The van der Waals surface area contributed by atoms with E-state index in [-0.39, 0.29) is 5.91 Å². The lowest BCUT2D eigenvalue weighted by Crippen LogP contribution is -2.39. The van der Waals surface area contributed by atoms with Gasteiger partial charge in [0.05, 0.1) is 26.9 Å². The number of methoxy groups -OCH3 is 1. The maximum absolute atomic E-state index is 12.1. The molecule has 0 spiro atoms. The van der Waals surface area contributed by atoms with Gasteiger partial charge in [-0.25, -0.2) is 0 Å². The fraction of sp³-hybridized carbons (Fsp3) is 0.526. The number of rotatable bonds is 8. The van der Waals surface area contributed by atoms with Gasteiger partial charge in [-0.1, -0.05) is 25.8 Å². The molecule has 0 atom stereocenters. The van der Waals surface area contributed by atoms with Gasteiger partial charge in [0, 0.05) is 19.2 Å². The fourth-order valence-corrected chi connectivity index (χ4v) is 2.50. The molecule has 1 aromatic rings. The van der Waals surface area contributed by atoms with Gasteiger partial charge < -0.3 is 19.1 Å². The highest BCUT2D eigenvalue weighted by Crippen LogP contribution is 2.28. The summed E-state index contributed by atoms with van der Waals surface area (Å²) in [6.07, 6.45) is 6.77. The van der Waals surface area contributed by atoms with Gasteiger partial charge in [-0.3, -0.25) is 4.79 Å². The summed E-state index contributed by atoms with van der Waals surface area (Å²) in [5.41, 5.74) is 0.911. The Morgan fingerprint density at radius 3 is 2.75 bits per heavy atom. The molecule has 0 bridgehead atoms. The molecule has 5 heteroatoms. The molecule has 1 saturated heterocycles. The molecule has 0 radical (unpaired) electrons. The second kappa shape index (κ2) is 9.98. The zero-order valence-electron chi connectivity index (χ0n) is 14.6. The van der Waals surface area contributed by atoms with E-state index in [0.29, 0.717) is 38.7 Å². The van der Waals surface area contributed by atoms with Gasteiger partial charge in [-0.2, -0.15) is 0 Å². The first-order chi connectivity index (χ1) is 11.7. The van der Waals surface area contributed by atoms with E-state index in [0.717, 1.165) is 24.2 Å². The molecule has 132 valence electrons. The average Bonchev–Trinajstić information content (AvgIpc) is 2.64. The summed E-state index contributed by atoms with van der Waals surface area (Å²) in [7, 11) is 1.63. The van der Waals surface area contributed by atoms with Crippen molar-refractivity contribution in [2.24, 2.45) is 0 Å². The zero-order chi connectivity index (χ0) is 17.2. The molecule has 0 unspecified atom stereocenters. The Bertz CT molecular complexity index is 550. The maximum Gasteiger partial charge on any atom is 0.246 e.